The summed E-state index contributed by atoms with van der Waals surface area (Å²) in [6.45, 7) is 5.22. The number of nitrogens with zero attached hydrogens (tertiary/aromatic N) is 3. The summed E-state index contributed by atoms with van der Waals surface area (Å²) >= 11 is 1.09. The van der Waals surface area contributed by atoms with E-state index in [1.54, 1.807) is 32.9 Å². The maximum atomic E-state index is 13.0. The Hall–Kier alpha value is -2.62. The highest BCUT2D eigenvalue weighted by Gasteiger charge is 2.21. The molecule has 0 aliphatic heterocycles. The van der Waals surface area contributed by atoms with Gasteiger partial charge in [-0.3, -0.25) is 10.1 Å². The Balaban J connectivity index is 1.97. The summed E-state index contributed by atoms with van der Waals surface area (Å²) in [5.41, 5.74) is 0.832. The molecule has 4 N–H and O–H groups in total. The third kappa shape index (κ3) is 5.45. The fraction of sp³-hybridized carbons (Fsp3) is 0.375. The van der Waals surface area contributed by atoms with Crippen LogP contribution in [0.25, 0.3) is 0 Å². The van der Waals surface area contributed by atoms with E-state index in [2.05, 4.69) is 20.8 Å². The van der Waals surface area contributed by atoms with Crippen LogP contribution in [0.15, 0.2) is 29.4 Å². The van der Waals surface area contributed by atoms with Crippen molar-refractivity contribution in [1.82, 2.24) is 25.5 Å². The normalized spacial score (nSPS) is 12.0. The summed E-state index contributed by atoms with van der Waals surface area (Å²) in [6, 6.07) is 5.37. The standard InChI is InChI=1S/C16H21FN6O2S/c1-9(2)19-15(25)20-14(24)10(3)26-16-22-21-13(23(16)18)8-11-4-6-12(17)7-5-11/h4-7,9-10H,8,18H2,1-3H3,(H2,19,20,24,25)/t10-/m0/s1. The van der Waals surface area contributed by atoms with E-state index in [0.29, 0.717) is 17.4 Å². The van der Waals surface area contributed by atoms with Crippen molar-refractivity contribution in [3.8, 4) is 0 Å². The number of rotatable bonds is 6. The van der Waals surface area contributed by atoms with Gasteiger partial charge in [0.2, 0.25) is 11.1 Å². The molecule has 0 aliphatic rings. The molecule has 1 aromatic carbocycles. The monoisotopic (exact) mass is 380 g/mol. The highest BCUT2D eigenvalue weighted by atomic mass is 32.2. The van der Waals surface area contributed by atoms with Crippen LogP contribution in [0.2, 0.25) is 0 Å². The maximum Gasteiger partial charge on any atom is 0.321 e. The average molecular weight is 380 g/mol. The summed E-state index contributed by atoms with van der Waals surface area (Å²) in [5, 5.41) is 12.6. The Bertz CT molecular complexity index is 778. The molecule has 1 atom stereocenters. The molecule has 0 saturated heterocycles. The minimum atomic E-state index is -0.599. The second-order valence-electron chi connectivity index (χ2n) is 5.95. The number of thioether (sulfide) groups is 1. The molecular formula is C16H21FN6O2S. The van der Waals surface area contributed by atoms with Crippen LogP contribution in [0.5, 0.6) is 0 Å². The number of urea groups is 1. The zero-order valence-corrected chi connectivity index (χ0v) is 15.5. The molecule has 10 heteroatoms. The first-order valence-corrected chi connectivity index (χ1v) is 8.86. The largest absolute Gasteiger partial charge is 0.336 e. The van der Waals surface area contributed by atoms with Crippen molar-refractivity contribution in [2.45, 2.75) is 43.6 Å². The lowest BCUT2D eigenvalue weighted by Crippen LogP contribution is -2.45. The van der Waals surface area contributed by atoms with Crippen LogP contribution in [0.4, 0.5) is 9.18 Å². The molecule has 3 amide bonds. The molecule has 140 valence electrons. The van der Waals surface area contributed by atoms with Gasteiger partial charge in [0, 0.05) is 12.5 Å². The van der Waals surface area contributed by atoms with Crippen molar-refractivity contribution in [3.63, 3.8) is 0 Å². The summed E-state index contributed by atoms with van der Waals surface area (Å²) in [4.78, 5) is 23.6. The Morgan fingerprint density at radius 3 is 2.50 bits per heavy atom. The first-order chi connectivity index (χ1) is 12.3. The van der Waals surface area contributed by atoms with E-state index in [9.17, 15) is 14.0 Å². The lowest BCUT2D eigenvalue weighted by atomic mass is 10.1. The minimum absolute atomic E-state index is 0.0769. The predicted octanol–water partition coefficient (Wildman–Crippen LogP) is 1.44. The van der Waals surface area contributed by atoms with Crippen LogP contribution in [-0.2, 0) is 11.2 Å². The number of benzene rings is 1. The number of hydrogen-bond donors (Lipinski definition) is 3. The molecule has 2 rings (SSSR count). The van der Waals surface area contributed by atoms with Crippen molar-refractivity contribution < 1.29 is 14.0 Å². The van der Waals surface area contributed by atoms with Crippen LogP contribution >= 0.6 is 11.8 Å². The molecule has 0 spiro atoms. The van der Waals surface area contributed by atoms with Crippen molar-refractivity contribution in [1.29, 1.82) is 0 Å². The number of nitrogens with one attached hydrogen (secondary N) is 2. The third-order valence-electron chi connectivity index (χ3n) is 3.32. The summed E-state index contributed by atoms with van der Waals surface area (Å²) in [5.74, 6) is 5.68. The van der Waals surface area contributed by atoms with E-state index in [-0.39, 0.29) is 11.9 Å². The van der Waals surface area contributed by atoms with Gasteiger partial charge in [-0.1, -0.05) is 23.9 Å². The van der Waals surface area contributed by atoms with Crippen molar-refractivity contribution in [3.05, 3.63) is 41.5 Å². The Morgan fingerprint density at radius 2 is 1.88 bits per heavy atom. The molecule has 0 saturated carbocycles. The molecule has 8 nitrogen and oxygen atoms in total. The van der Waals surface area contributed by atoms with E-state index in [1.165, 1.54) is 16.8 Å². The smallest absolute Gasteiger partial charge is 0.321 e. The molecular weight excluding hydrogens is 359 g/mol. The topological polar surface area (TPSA) is 115 Å². The minimum Gasteiger partial charge on any atom is -0.336 e. The number of halogens is 1. The number of aromatic nitrogens is 3. The molecule has 2 aromatic rings. The van der Waals surface area contributed by atoms with Crippen molar-refractivity contribution in [2.24, 2.45) is 0 Å². The number of carbonyl (C=O) groups is 2. The van der Waals surface area contributed by atoms with Crippen LogP contribution in [-0.4, -0.2) is 38.1 Å². The molecule has 1 aromatic heterocycles. The summed E-state index contributed by atoms with van der Waals surface area (Å²) < 4.78 is 14.2. The molecule has 0 radical (unpaired) electrons. The Labute approximate surface area is 154 Å². The Morgan fingerprint density at radius 1 is 1.23 bits per heavy atom. The quantitative estimate of drug-likeness (QED) is 0.516. The van der Waals surface area contributed by atoms with Gasteiger partial charge < -0.3 is 11.2 Å². The van der Waals surface area contributed by atoms with E-state index in [0.717, 1.165) is 17.3 Å². The van der Waals surface area contributed by atoms with Crippen LogP contribution in [0.3, 0.4) is 0 Å². The second kappa shape index (κ2) is 8.65. The van der Waals surface area contributed by atoms with Crippen LogP contribution in [0, 0.1) is 5.82 Å². The first kappa shape index (κ1) is 19.7. The highest BCUT2D eigenvalue weighted by Crippen LogP contribution is 2.21. The third-order valence-corrected chi connectivity index (χ3v) is 4.38. The maximum absolute atomic E-state index is 13.0. The van der Waals surface area contributed by atoms with Gasteiger partial charge in [0.15, 0.2) is 5.82 Å². The van der Waals surface area contributed by atoms with E-state index in [4.69, 9.17) is 5.84 Å². The van der Waals surface area contributed by atoms with Crippen LogP contribution in [0.1, 0.15) is 32.2 Å². The predicted molar refractivity (Wildman–Crippen MR) is 96.5 cm³/mol. The van der Waals surface area contributed by atoms with Gasteiger partial charge in [-0.15, -0.1) is 10.2 Å². The van der Waals surface area contributed by atoms with Crippen molar-refractivity contribution in [2.75, 3.05) is 5.84 Å². The second-order valence-corrected chi connectivity index (χ2v) is 7.26. The molecule has 0 unspecified atom stereocenters. The lowest BCUT2D eigenvalue weighted by Gasteiger charge is -2.12. The molecule has 0 aliphatic carbocycles. The Kier molecular flexibility index (Phi) is 6.56. The number of imide groups is 1. The lowest BCUT2D eigenvalue weighted by molar-refractivity contribution is -0.119. The fourth-order valence-corrected chi connectivity index (χ4v) is 2.81. The molecule has 26 heavy (non-hydrogen) atoms. The number of carbonyl (C=O) groups excluding carboxylic acids is 2. The molecule has 0 bridgehead atoms. The highest BCUT2D eigenvalue weighted by molar-refractivity contribution is 8.00. The average Bonchev–Trinajstić information content (AvgIpc) is 2.89. The van der Waals surface area contributed by atoms with Gasteiger partial charge >= 0.3 is 6.03 Å². The van der Waals surface area contributed by atoms with Crippen molar-refractivity contribution >= 4 is 23.7 Å². The van der Waals surface area contributed by atoms with Gasteiger partial charge in [-0.05, 0) is 38.5 Å². The summed E-state index contributed by atoms with van der Waals surface area (Å²) in [7, 11) is 0. The van der Waals surface area contributed by atoms with E-state index < -0.39 is 17.2 Å². The fourth-order valence-electron chi connectivity index (χ4n) is 2.02. The van der Waals surface area contributed by atoms with Gasteiger partial charge in [0.25, 0.3) is 0 Å². The van der Waals surface area contributed by atoms with Gasteiger partial charge in [-0.2, -0.15) is 0 Å². The van der Waals surface area contributed by atoms with Gasteiger partial charge in [-0.25, -0.2) is 13.9 Å². The number of hydrogen-bond acceptors (Lipinski definition) is 6. The molecule has 0 fully saturated rings. The number of amides is 3. The molecule has 1 heterocycles. The van der Waals surface area contributed by atoms with Gasteiger partial charge in [0.1, 0.15) is 5.82 Å². The number of nitrogens with two attached hydrogens (primary N) is 1. The zero-order valence-electron chi connectivity index (χ0n) is 14.7. The zero-order chi connectivity index (χ0) is 19.3. The van der Waals surface area contributed by atoms with E-state index >= 15 is 0 Å². The SMILES string of the molecule is CC(C)NC(=O)NC(=O)[C@H](C)Sc1nnc(Cc2ccc(F)cc2)n1N. The van der Waals surface area contributed by atoms with Gasteiger partial charge in [0.05, 0.1) is 5.25 Å². The van der Waals surface area contributed by atoms with E-state index in [1.807, 2.05) is 0 Å². The number of nitrogen functional groups attached to an aromatic ring is 1. The first-order valence-electron chi connectivity index (χ1n) is 7.98. The van der Waals surface area contributed by atoms with Crippen LogP contribution < -0.4 is 16.5 Å². The summed E-state index contributed by atoms with van der Waals surface area (Å²) in [6.07, 6.45) is 0.377.